The molecule has 0 aliphatic carbocycles. The Hall–Kier alpha value is -1.59. The van der Waals surface area contributed by atoms with Gasteiger partial charge >= 0.3 is 0 Å². The molecule has 1 aromatic carbocycles. The van der Waals surface area contributed by atoms with E-state index in [1.165, 1.54) is 0 Å². The number of halogens is 1. The number of rotatable bonds is 2. The van der Waals surface area contributed by atoms with Crippen LogP contribution in [0.25, 0.3) is 6.08 Å². The van der Waals surface area contributed by atoms with E-state index in [1.807, 2.05) is 0 Å². The number of benzene rings is 1. The van der Waals surface area contributed by atoms with Gasteiger partial charge in [0.05, 0.1) is 7.11 Å². The van der Waals surface area contributed by atoms with Crippen LogP contribution in [-0.4, -0.2) is 18.1 Å². The molecule has 1 aliphatic rings. The summed E-state index contributed by atoms with van der Waals surface area (Å²) in [5, 5.41) is 6.10. The summed E-state index contributed by atoms with van der Waals surface area (Å²) in [5.74, 6) is 0.367. The molecule has 1 amide bonds. The minimum absolute atomic E-state index is 0.267. The van der Waals surface area contributed by atoms with E-state index >= 15 is 0 Å². The summed E-state index contributed by atoms with van der Waals surface area (Å²) >= 11 is 10.7. The van der Waals surface area contributed by atoms with Gasteiger partial charge in [0.25, 0.3) is 5.91 Å². The van der Waals surface area contributed by atoms with Gasteiger partial charge in [-0.25, -0.2) is 0 Å². The van der Waals surface area contributed by atoms with E-state index in [2.05, 4.69) is 10.6 Å². The number of carbonyl (C=O) groups is 1. The van der Waals surface area contributed by atoms with E-state index in [1.54, 1.807) is 31.4 Å². The smallest absolute Gasteiger partial charge is 0.273 e. The standard InChI is InChI=1S/C11H9ClN2O2S/c1-16-9-3-2-7(12)4-6(9)5-8-10(15)14-11(17)13-8/h2-5H,1H3,(H2,13,14,15,17). The van der Waals surface area contributed by atoms with Gasteiger partial charge in [-0.15, -0.1) is 0 Å². The van der Waals surface area contributed by atoms with Crippen molar-refractivity contribution in [2.75, 3.05) is 7.11 Å². The van der Waals surface area contributed by atoms with Crippen LogP contribution in [0, 0.1) is 0 Å². The molecular formula is C11H9ClN2O2S. The molecule has 4 nitrogen and oxygen atoms in total. The molecule has 6 heteroatoms. The molecule has 17 heavy (non-hydrogen) atoms. The maximum atomic E-state index is 11.5. The summed E-state index contributed by atoms with van der Waals surface area (Å²) in [4.78, 5) is 11.5. The topological polar surface area (TPSA) is 50.4 Å². The zero-order valence-electron chi connectivity index (χ0n) is 8.91. The quantitative estimate of drug-likeness (QED) is 0.633. The number of hydrogen-bond acceptors (Lipinski definition) is 3. The van der Waals surface area contributed by atoms with E-state index in [9.17, 15) is 4.79 Å². The lowest BCUT2D eigenvalue weighted by Gasteiger charge is -2.05. The fraction of sp³-hybridized carbons (Fsp3) is 0.0909. The Kier molecular flexibility index (Phi) is 3.31. The van der Waals surface area contributed by atoms with Crippen molar-refractivity contribution in [3.63, 3.8) is 0 Å². The number of nitrogens with one attached hydrogen (secondary N) is 2. The second-order valence-electron chi connectivity index (χ2n) is 3.35. The van der Waals surface area contributed by atoms with Gasteiger partial charge in [0.15, 0.2) is 5.11 Å². The fourth-order valence-electron chi connectivity index (χ4n) is 1.46. The Balaban J connectivity index is 2.41. The first-order chi connectivity index (χ1) is 8.10. The summed E-state index contributed by atoms with van der Waals surface area (Å²) < 4.78 is 5.18. The molecule has 0 atom stereocenters. The molecule has 1 heterocycles. The molecule has 1 fully saturated rings. The van der Waals surface area contributed by atoms with Crippen LogP contribution in [-0.2, 0) is 4.79 Å². The lowest BCUT2D eigenvalue weighted by atomic mass is 10.1. The predicted molar refractivity (Wildman–Crippen MR) is 69.9 cm³/mol. The molecule has 1 aromatic rings. The van der Waals surface area contributed by atoms with Crippen molar-refractivity contribution < 1.29 is 9.53 Å². The molecule has 0 saturated carbocycles. The van der Waals surface area contributed by atoms with Crippen molar-refractivity contribution in [3.8, 4) is 5.75 Å². The Bertz CT molecular complexity index is 528. The van der Waals surface area contributed by atoms with Crippen LogP contribution in [0.2, 0.25) is 5.02 Å². The van der Waals surface area contributed by atoms with Gasteiger partial charge in [-0.2, -0.15) is 0 Å². The van der Waals surface area contributed by atoms with E-state index in [4.69, 9.17) is 28.6 Å². The van der Waals surface area contributed by atoms with Crippen LogP contribution in [0.1, 0.15) is 5.56 Å². The van der Waals surface area contributed by atoms with Crippen molar-refractivity contribution in [2.45, 2.75) is 0 Å². The molecule has 1 saturated heterocycles. The third kappa shape index (κ3) is 2.57. The van der Waals surface area contributed by atoms with E-state index in [0.29, 0.717) is 27.1 Å². The van der Waals surface area contributed by atoms with Crippen molar-refractivity contribution >= 4 is 40.9 Å². The molecule has 2 rings (SSSR count). The Morgan fingerprint density at radius 1 is 1.41 bits per heavy atom. The van der Waals surface area contributed by atoms with Crippen LogP contribution in [0.15, 0.2) is 23.9 Å². The molecule has 0 aromatic heterocycles. The first-order valence-electron chi connectivity index (χ1n) is 4.77. The zero-order valence-corrected chi connectivity index (χ0v) is 10.5. The van der Waals surface area contributed by atoms with Crippen LogP contribution < -0.4 is 15.4 Å². The maximum Gasteiger partial charge on any atom is 0.273 e. The Morgan fingerprint density at radius 3 is 2.76 bits per heavy atom. The number of carbonyl (C=O) groups excluding carboxylic acids is 1. The number of thiocarbonyl (C=S) groups is 1. The van der Waals surface area contributed by atoms with Crippen molar-refractivity contribution in [1.82, 2.24) is 10.6 Å². The van der Waals surface area contributed by atoms with E-state index in [0.717, 1.165) is 0 Å². The highest BCUT2D eigenvalue weighted by molar-refractivity contribution is 7.80. The van der Waals surface area contributed by atoms with Crippen molar-refractivity contribution in [2.24, 2.45) is 0 Å². The minimum Gasteiger partial charge on any atom is -0.496 e. The molecule has 0 unspecified atom stereocenters. The van der Waals surface area contributed by atoms with Crippen molar-refractivity contribution in [3.05, 3.63) is 34.5 Å². The van der Waals surface area contributed by atoms with Gasteiger partial charge < -0.3 is 10.1 Å². The van der Waals surface area contributed by atoms with E-state index < -0.39 is 0 Å². The molecule has 0 radical (unpaired) electrons. The highest BCUT2D eigenvalue weighted by atomic mass is 35.5. The monoisotopic (exact) mass is 268 g/mol. The number of methoxy groups -OCH3 is 1. The highest BCUT2D eigenvalue weighted by Crippen LogP contribution is 2.24. The Morgan fingerprint density at radius 2 is 2.18 bits per heavy atom. The average molecular weight is 269 g/mol. The molecule has 2 N–H and O–H groups in total. The summed E-state index contributed by atoms with van der Waals surface area (Å²) in [5.41, 5.74) is 1.08. The zero-order chi connectivity index (χ0) is 12.4. The fourth-order valence-corrected chi connectivity index (χ4v) is 1.84. The molecular weight excluding hydrogens is 260 g/mol. The van der Waals surface area contributed by atoms with Crippen LogP contribution in [0.4, 0.5) is 0 Å². The SMILES string of the molecule is COc1ccc(Cl)cc1C=C1NC(=S)NC1=O. The first kappa shape index (κ1) is 11.9. The molecule has 0 spiro atoms. The minimum atomic E-state index is -0.267. The van der Waals surface area contributed by atoms with Gasteiger partial charge in [0.1, 0.15) is 11.4 Å². The van der Waals surface area contributed by atoms with Gasteiger partial charge in [-0.05, 0) is 36.5 Å². The Labute approximate surface area is 109 Å². The van der Waals surface area contributed by atoms with Gasteiger partial charge in [0.2, 0.25) is 0 Å². The normalized spacial score (nSPS) is 16.9. The number of ether oxygens (including phenoxy) is 1. The van der Waals surface area contributed by atoms with Gasteiger partial charge in [-0.3, -0.25) is 10.1 Å². The number of amides is 1. The predicted octanol–water partition coefficient (Wildman–Crippen LogP) is 1.69. The van der Waals surface area contributed by atoms with E-state index in [-0.39, 0.29) is 5.91 Å². The summed E-state index contributed by atoms with van der Waals surface area (Å²) in [6.07, 6.45) is 1.64. The van der Waals surface area contributed by atoms with Crippen molar-refractivity contribution in [1.29, 1.82) is 0 Å². The second-order valence-corrected chi connectivity index (χ2v) is 4.20. The van der Waals surface area contributed by atoms with Gasteiger partial charge in [0, 0.05) is 10.6 Å². The first-order valence-corrected chi connectivity index (χ1v) is 5.56. The van der Waals surface area contributed by atoms with Gasteiger partial charge in [-0.1, -0.05) is 11.6 Å². The lowest BCUT2D eigenvalue weighted by Crippen LogP contribution is -2.21. The van der Waals surface area contributed by atoms with Crippen LogP contribution in [0.5, 0.6) is 5.75 Å². The summed E-state index contributed by atoms with van der Waals surface area (Å²) in [6, 6.07) is 5.17. The summed E-state index contributed by atoms with van der Waals surface area (Å²) in [6.45, 7) is 0. The third-order valence-electron chi connectivity index (χ3n) is 2.21. The molecule has 88 valence electrons. The third-order valence-corrected chi connectivity index (χ3v) is 2.65. The summed E-state index contributed by atoms with van der Waals surface area (Å²) in [7, 11) is 1.55. The second kappa shape index (κ2) is 4.73. The highest BCUT2D eigenvalue weighted by Gasteiger charge is 2.20. The van der Waals surface area contributed by atoms with Crippen LogP contribution >= 0.6 is 23.8 Å². The van der Waals surface area contributed by atoms with Crippen LogP contribution in [0.3, 0.4) is 0 Å². The molecule has 0 bridgehead atoms. The largest absolute Gasteiger partial charge is 0.496 e. The average Bonchev–Trinajstić information content (AvgIpc) is 2.58. The molecule has 1 aliphatic heterocycles. The lowest BCUT2D eigenvalue weighted by molar-refractivity contribution is -0.115. The maximum absolute atomic E-state index is 11.5. The number of hydrogen-bond donors (Lipinski definition) is 2.